The highest BCUT2D eigenvalue weighted by atomic mass is 35.5. The molecule has 0 bridgehead atoms. The molecule has 5 rings (SSSR count). The first-order chi connectivity index (χ1) is 18.2. The lowest BCUT2D eigenvalue weighted by Gasteiger charge is -2.22. The molecule has 0 aliphatic carbocycles. The average Bonchev–Trinajstić information content (AvgIpc) is 2.92. The van der Waals surface area contributed by atoms with Crippen LogP contribution in [0.25, 0.3) is 22.3 Å². The highest BCUT2D eigenvalue weighted by Crippen LogP contribution is 2.45. The number of nitrogens with one attached hydrogen (secondary N) is 1. The molecule has 194 valence electrons. The van der Waals surface area contributed by atoms with Crippen molar-refractivity contribution in [2.75, 3.05) is 30.9 Å². The van der Waals surface area contributed by atoms with Crippen LogP contribution in [0, 0.1) is 29.9 Å². The highest BCUT2D eigenvalue weighted by Gasteiger charge is 2.29. The Balaban J connectivity index is 1.56. The van der Waals surface area contributed by atoms with Gasteiger partial charge in [-0.05, 0) is 44.2 Å². The Morgan fingerprint density at radius 2 is 1.89 bits per heavy atom. The quantitative estimate of drug-likeness (QED) is 0.303. The molecule has 7 nitrogen and oxygen atoms in total. The van der Waals surface area contributed by atoms with E-state index < -0.39 is 24.8 Å². The summed E-state index contributed by atoms with van der Waals surface area (Å²) in [6.45, 7) is 4.26. The molecule has 11 heteroatoms. The van der Waals surface area contributed by atoms with E-state index in [4.69, 9.17) is 16.3 Å². The molecule has 1 aromatic carbocycles. The SMILES string of the molecule is Cc1nc2cc(F)c(-c3ccc(P4(=O)CCOCC4)nc3)nc2c(N[C@H](C)c2cc(C#N)ccc2F)c1Cl. The van der Waals surface area contributed by atoms with Crippen molar-refractivity contribution in [3.63, 3.8) is 0 Å². The van der Waals surface area contributed by atoms with E-state index in [9.17, 15) is 14.2 Å². The molecule has 0 saturated carbocycles. The zero-order valence-corrected chi connectivity index (χ0v) is 22.3. The van der Waals surface area contributed by atoms with E-state index >= 15 is 4.39 Å². The second kappa shape index (κ2) is 10.4. The number of hydrogen-bond donors (Lipinski definition) is 1. The first kappa shape index (κ1) is 26.2. The van der Waals surface area contributed by atoms with Gasteiger partial charge in [-0.2, -0.15) is 5.26 Å². The standard InChI is InChI=1S/C27H23ClF2N5O2P/c1-15(19-11-17(13-31)3-5-20(19)29)34-27-24(28)16(2)33-22-12-21(30)25(35-26(22)27)18-4-6-23(32-14-18)38(36)9-7-37-8-10-38/h3-6,11-12,14-15H,7-10H2,1-2H3,(H,33,34)/t15-/m1/s1. The minimum absolute atomic E-state index is 0.0249. The number of anilines is 1. The minimum Gasteiger partial charge on any atom is -0.380 e. The fraction of sp³-hybridized carbons (Fsp3) is 0.259. The van der Waals surface area contributed by atoms with Gasteiger partial charge in [-0.3, -0.25) is 4.98 Å². The number of rotatable bonds is 5. The smallest absolute Gasteiger partial charge is 0.151 e. The van der Waals surface area contributed by atoms with Gasteiger partial charge in [0.05, 0.1) is 52.8 Å². The van der Waals surface area contributed by atoms with Gasteiger partial charge in [0.2, 0.25) is 0 Å². The van der Waals surface area contributed by atoms with Crippen LogP contribution in [0.5, 0.6) is 0 Å². The molecular weight excluding hydrogens is 531 g/mol. The van der Waals surface area contributed by atoms with Crippen LogP contribution in [0.2, 0.25) is 5.02 Å². The Kier molecular flexibility index (Phi) is 7.15. The number of halogens is 3. The molecule has 4 heterocycles. The topological polar surface area (TPSA) is 101 Å². The fourth-order valence-corrected chi connectivity index (χ4v) is 6.80. The van der Waals surface area contributed by atoms with E-state index in [0.717, 1.165) is 0 Å². The molecular formula is C27H23ClF2N5O2P. The number of nitriles is 1. The van der Waals surface area contributed by atoms with Crippen molar-refractivity contribution >= 4 is 40.9 Å². The predicted molar refractivity (Wildman–Crippen MR) is 143 cm³/mol. The van der Waals surface area contributed by atoms with Crippen molar-refractivity contribution in [1.82, 2.24) is 15.0 Å². The third-order valence-corrected chi connectivity index (χ3v) is 9.97. The number of nitrogens with zero attached hydrogens (tertiary/aromatic N) is 4. The molecule has 1 N–H and O–H groups in total. The normalized spacial score (nSPS) is 15.7. The molecule has 1 saturated heterocycles. The maximum atomic E-state index is 15.2. The zero-order chi connectivity index (χ0) is 27.0. The molecule has 1 atom stereocenters. The van der Waals surface area contributed by atoms with Gasteiger partial charge in [-0.15, -0.1) is 0 Å². The second-order valence-corrected chi connectivity index (χ2v) is 12.7. The second-order valence-electron chi connectivity index (χ2n) is 9.14. The summed E-state index contributed by atoms with van der Waals surface area (Å²) in [4.78, 5) is 13.3. The number of fused-ring (bicyclic) bond motifs is 1. The van der Waals surface area contributed by atoms with Gasteiger partial charge in [0.1, 0.15) is 29.6 Å². The Hall–Kier alpha value is -3.44. The van der Waals surface area contributed by atoms with Crippen LogP contribution in [-0.4, -0.2) is 40.5 Å². The first-order valence-corrected chi connectivity index (χ1v) is 14.4. The maximum absolute atomic E-state index is 15.2. The Morgan fingerprint density at radius 3 is 2.58 bits per heavy atom. The number of hydrogen-bond acceptors (Lipinski definition) is 7. The van der Waals surface area contributed by atoms with Crippen molar-refractivity contribution < 1.29 is 18.1 Å². The van der Waals surface area contributed by atoms with Gasteiger partial charge >= 0.3 is 0 Å². The van der Waals surface area contributed by atoms with Crippen molar-refractivity contribution in [3.8, 4) is 17.3 Å². The van der Waals surface area contributed by atoms with Crippen molar-refractivity contribution in [2.24, 2.45) is 0 Å². The summed E-state index contributed by atoms with van der Waals surface area (Å²) < 4.78 is 48.4. The van der Waals surface area contributed by atoms with Crippen LogP contribution in [0.15, 0.2) is 42.6 Å². The molecule has 4 aromatic rings. The fourth-order valence-electron chi connectivity index (χ4n) is 4.47. The Morgan fingerprint density at radius 1 is 1.13 bits per heavy atom. The van der Waals surface area contributed by atoms with E-state index in [1.165, 1.54) is 30.5 Å². The molecule has 0 unspecified atom stereocenters. The molecule has 1 fully saturated rings. The Bertz CT molecular complexity index is 1630. The summed E-state index contributed by atoms with van der Waals surface area (Å²) in [5, 5.41) is 12.7. The zero-order valence-electron chi connectivity index (χ0n) is 20.6. The summed E-state index contributed by atoms with van der Waals surface area (Å²) in [5.74, 6) is -1.09. The monoisotopic (exact) mass is 553 g/mol. The van der Waals surface area contributed by atoms with Crippen LogP contribution in [0.1, 0.15) is 29.8 Å². The summed E-state index contributed by atoms with van der Waals surface area (Å²) >= 11 is 6.60. The molecule has 0 radical (unpaired) electrons. The predicted octanol–water partition coefficient (Wildman–Crippen LogP) is 6.00. The summed E-state index contributed by atoms with van der Waals surface area (Å²) in [7, 11) is -2.64. The van der Waals surface area contributed by atoms with E-state index in [1.54, 1.807) is 26.0 Å². The van der Waals surface area contributed by atoms with Gasteiger partial charge in [-0.1, -0.05) is 11.6 Å². The van der Waals surface area contributed by atoms with Crippen LogP contribution in [-0.2, 0) is 9.30 Å². The van der Waals surface area contributed by atoms with Crippen LogP contribution in [0.3, 0.4) is 0 Å². The van der Waals surface area contributed by atoms with Crippen molar-refractivity contribution in [2.45, 2.75) is 19.9 Å². The van der Waals surface area contributed by atoms with Crippen LogP contribution < -0.4 is 10.8 Å². The molecule has 0 amide bonds. The third kappa shape index (κ3) is 4.88. The lowest BCUT2D eigenvalue weighted by Crippen LogP contribution is -2.23. The van der Waals surface area contributed by atoms with E-state index in [1.807, 2.05) is 6.07 Å². The van der Waals surface area contributed by atoms with Crippen molar-refractivity contribution in [1.29, 1.82) is 5.26 Å². The summed E-state index contributed by atoms with van der Waals surface area (Å²) in [6, 6.07) is 10.1. The van der Waals surface area contributed by atoms with E-state index in [2.05, 4.69) is 20.3 Å². The molecule has 1 aliphatic heterocycles. The summed E-state index contributed by atoms with van der Waals surface area (Å²) in [6.07, 6.45) is 2.32. The lowest BCUT2D eigenvalue weighted by molar-refractivity contribution is 0.156. The number of aryl methyl sites for hydroxylation is 1. The van der Waals surface area contributed by atoms with E-state index in [-0.39, 0.29) is 21.8 Å². The number of aromatic nitrogens is 3. The Labute approximate surface area is 223 Å². The van der Waals surface area contributed by atoms with E-state index in [0.29, 0.717) is 59.0 Å². The third-order valence-electron chi connectivity index (χ3n) is 6.60. The van der Waals surface area contributed by atoms with Crippen LogP contribution >= 0.6 is 18.7 Å². The average molecular weight is 554 g/mol. The van der Waals surface area contributed by atoms with Gasteiger partial charge in [0.25, 0.3) is 0 Å². The minimum atomic E-state index is -2.64. The molecule has 0 spiro atoms. The molecule has 1 aliphatic rings. The van der Waals surface area contributed by atoms with Gasteiger partial charge in [-0.25, -0.2) is 18.7 Å². The number of pyridine rings is 3. The van der Waals surface area contributed by atoms with Gasteiger partial charge in [0.15, 0.2) is 5.82 Å². The van der Waals surface area contributed by atoms with Gasteiger partial charge in [0, 0.05) is 35.7 Å². The summed E-state index contributed by atoms with van der Waals surface area (Å²) in [5.41, 5.74) is 2.87. The van der Waals surface area contributed by atoms with Crippen molar-refractivity contribution in [3.05, 3.63) is 76.1 Å². The number of benzene rings is 1. The maximum Gasteiger partial charge on any atom is 0.151 e. The number of ether oxygens (including phenoxy) is 1. The van der Waals surface area contributed by atoms with Gasteiger partial charge < -0.3 is 14.6 Å². The molecule has 3 aromatic heterocycles. The highest BCUT2D eigenvalue weighted by molar-refractivity contribution is 7.71. The van der Waals surface area contributed by atoms with Crippen LogP contribution in [0.4, 0.5) is 14.5 Å². The lowest BCUT2D eigenvalue weighted by atomic mass is 10.0. The largest absolute Gasteiger partial charge is 0.380 e. The first-order valence-electron chi connectivity index (χ1n) is 12.0. The molecule has 38 heavy (non-hydrogen) atoms.